The quantitative estimate of drug-likeness (QED) is 0.839. The lowest BCUT2D eigenvalue weighted by Crippen LogP contribution is -2.41. The van der Waals surface area contributed by atoms with Crippen LogP contribution >= 0.6 is 0 Å². The summed E-state index contributed by atoms with van der Waals surface area (Å²) in [6.07, 6.45) is 1.90. The van der Waals surface area contributed by atoms with Crippen molar-refractivity contribution in [1.82, 2.24) is 10.3 Å². The highest BCUT2D eigenvalue weighted by atomic mass is 16.4. The van der Waals surface area contributed by atoms with Crippen LogP contribution in [-0.4, -0.2) is 30.5 Å². The SMILES string of the molecule is CN(C(=O)C1CCCN1)c1ccc2oc(=O)[nH]c2c1. The molecule has 1 aliphatic heterocycles. The van der Waals surface area contributed by atoms with Gasteiger partial charge in [0.05, 0.1) is 11.6 Å². The Morgan fingerprint density at radius 1 is 1.47 bits per heavy atom. The lowest BCUT2D eigenvalue weighted by molar-refractivity contribution is -0.119. The average molecular weight is 261 g/mol. The molecule has 0 bridgehead atoms. The van der Waals surface area contributed by atoms with E-state index in [1.807, 2.05) is 0 Å². The second-order valence-corrected chi connectivity index (χ2v) is 4.74. The molecule has 100 valence electrons. The van der Waals surface area contributed by atoms with Gasteiger partial charge in [0, 0.05) is 12.7 Å². The molecule has 1 amide bonds. The number of aromatic nitrogens is 1. The Hall–Kier alpha value is -2.08. The smallest absolute Gasteiger partial charge is 0.408 e. The summed E-state index contributed by atoms with van der Waals surface area (Å²) in [4.78, 5) is 27.5. The van der Waals surface area contributed by atoms with Crippen LogP contribution in [0.15, 0.2) is 27.4 Å². The van der Waals surface area contributed by atoms with Gasteiger partial charge in [0.15, 0.2) is 5.58 Å². The van der Waals surface area contributed by atoms with Crippen LogP contribution in [0, 0.1) is 0 Å². The van der Waals surface area contributed by atoms with Crippen molar-refractivity contribution in [3.05, 3.63) is 28.7 Å². The number of nitrogens with one attached hydrogen (secondary N) is 2. The van der Waals surface area contributed by atoms with E-state index in [9.17, 15) is 9.59 Å². The third-order valence-electron chi connectivity index (χ3n) is 3.48. The highest BCUT2D eigenvalue weighted by molar-refractivity contribution is 5.98. The summed E-state index contributed by atoms with van der Waals surface area (Å²) < 4.78 is 4.94. The molecule has 2 aromatic rings. The van der Waals surface area contributed by atoms with Crippen molar-refractivity contribution in [3.8, 4) is 0 Å². The topological polar surface area (TPSA) is 78.3 Å². The number of nitrogens with zero attached hydrogens (tertiary/aromatic N) is 1. The minimum atomic E-state index is -0.487. The van der Waals surface area contributed by atoms with Crippen molar-refractivity contribution in [2.45, 2.75) is 18.9 Å². The molecule has 19 heavy (non-hydrogen) atoms. The molecule has 0 aliphatic carbocycles. The fraction of sp³-hybridized carbons (Fsp3) is 0.385. The molecule has 3 rings (SSSR count). The zero-order valence-corrected chi connectivity index (χ0v) is 10.6. The molecule has 6 heteroatoms. The molecule has 0 spiro atoms. The Morgan fingerprint density at radius 3 is 3.05 bits per heavy atom. The Bertz CT molecular complexity index is 667. The van der Waals surface area contributed by atoms with Crippen LogP contribution in [-0.2, 0) is 4.79 Å². The minimum Gasteiger partial charge on any atom is -0.408 e. The van der Waals surface area contributed by atoms with Crippen molar-refractivity contribution < 1.29 is 9.21 Å². The molecule has 1 aromatic heterocycles. The fourth-order valence-electron chi connectivity index (χ4n) is 2.40. The third kappa shape index (κ3) is 2.15. The molecule has 2 heterocycles. The maximum absolute atomic E-state index is 12.3. The summed E-state index contributed by atoms with van der Waals surface area (Å²) >= 11 is 0. The van der Waals surface area contributed by atoms with E-state index < -0.39 is 5.76 Å². The number of fused-ring (bicyclic) bond motifs is 1. The van der Waals surface area contributed by atoms with E-state index in [2.05, 4.69) is 10.3 Å². The van der Waals surface area contributed by atoms with Gasteiger partial charge in [-0.25, -0.2) is 4.79 Å². The standard InChI is InChI=1S/C13H15N3O3/c1-16(12(17)9-3-2-6-14-9)8-4-5-11-10(7-8)15-13(18)19-11/h4-5,7,9,14H,2-3,6H2,1H3,(H,15,18). The number of benzene rings is 1. The van der Waals surface area contributed by atoms with Gasteiger partial charge in [0.25, 0.3) is 0 Å². The maximum Gasteiger partial charge on any atom is 0.417 e. The number of anilines is 1. The number of H-pyrrole nitrogens is 1. The Kier molecular flexibility index (Phi) is 2.87. The number of rotatable bonds is 2. The first-order valence-corrected chi connectivity index (χ1v) is 6.29. The zero-order valence-electron chi connectivity index (χ0n) is 10.6. The van der Waals surface area contributed by atoms with Crippen LogP contribution in [0.2, 0.25) is 0 Å². The molecule has 2 N–H and O–H groups in total. The number of oxazole rings is 1. The second kappa shape index (κ2) is 4.55. The number of likely N-dealkylation sites (N-methyl/N-ethyl adjacent to an activating group) is 1. The van der Waals surface area contributed by atoms with Crippen molar-refractivity contribution in [2.24, 2.45) is 0 Å². The average Bonchev–Trinajstić information content (AvgIpc) is 3.03. The van der Waals surface area contributed by atoms with Gasteiger partial charge in [-0.1, -0.05) is 0 Å². The van der Waals surface area contributed by atoms with E-state index in [1.54, 1.807) is 30.1 Å². The number of aromatic amines is 1. The number of amides is 1. The van der Waals surface area contributed by atoms with E-state index >= 15 is 0 Å². The van der Waals surface area contributed by atoms with Crippen LogP contribution in [0.5, 0.6) is 0 Å². The first-order chi connectivity index (χ1) is 9.15. The Labute approximate surface area is 109 Å². The van der Waals surface area contributed by atoms with Crippen LogP contribution in [0.3, 0.4) is 0 Å². The highest BCUT2D eigenvalue weighted by Crippen LogP contribution is 2.20. The van der Waals surface area contributed by atoms with E-state index in [1.165, 1.54) is 0 Å². The maximum atomic E-state index is 12.3. The highest BCUT2D eigenvalue weighted by Gasteiger charge is 2.25. The predicted octanol–water partition coefficient (Wildman–Crippen LogP) is 0.836. The zero-order chi connectivity index (χ0) is 13.4. The van der Waals surface area contributed by atoms with Crippen LogP contribution < -0.4 is 16.0 Å². The molecule has 6 nitrogen and oxygen atoms in total. The van der Waals surface area contributed by atoms with E-state index in [4.69, 9.17) is 4.42 Å². The van der Waals surface area contributed by atoms with Gasteiger partial charge in [-0.2, -0.15) is 0 Å². The van der Waals surface area contributed by atoms with Gasteiger partial charge in [0.1, 0.15) is 0 Å². The first kappa shape index (κ1) is 12.0. The van der Waals surface area contributed by atoms with Crippen LogP contribution in [0.25, 0.3) is 11.1 Å². The second-order valence-electron chi connectivity index (χ2n) is 4.74. The van der Waals surface area contributed by atoms with Crippen LogP contribution in [0.1, 0.15) is 12.8 Å². The first-order valence-electron chi connectivity index (χ1n) is 6.29. The summed E-state index contributed by atoms with van der Waals surface area (Å²) in [5, 5.41) is 3.18. The monoisotopic (exact) mass is 261 g/mol. The normalized spacial score (nSPS) is 18.9. The molecule has 0 radical (unpaired) electrons. The van der Waals surface area contributed by atoms with Gasteiger partial charge >= 0.3 is 5.76 Å². The number of hydrogen-bond donors (Lipinski definition) is 2. The summed E-state index contributed by atoms with van der Waals surface area (Å²) in [5.74, 6) is -0.443. The number of carbonyl (C=O) groups excluding carboxylic acids is 1. The summed E-state index contributed by atoms with van der Waals surface area (Å²) in [6.45, 7) is 0.887. The largest absolute Gasteiger partial charge is 0.417 e. The molecule has 1 saturated heterocycles. The molecular weight excluding hydrogens is 246 g/mol. The summed E-state index contributed by atoms with van der Waals surface area (Å²) in [6, 6.07) is 5.09. The molecule has 1 atom stereocenters. The molecule has 1 unspecified atom stereocenters. The number of hydrogen-bond acceptors (Lipinski definition) is 4. The Morgan fingerprint density at radius 2 is 2.32 bits per heavy atom. The van der Waals surface area contributed by atoms with Gasteiger partial charge in [-0.05, 0) is 37.6 Å². The minimum absolute atomic E-state index is 0.0442. The molecule has 1 aliphatic rings. The fourth-order valence-corrected chi connectivity index (χ4v) is 2.40. The van der Waals surface area contributed by atoms with Crippen molar-refractivity contribution in [3.63, 3.8) is 0 Å². The molecule has 1 aromatic carbocycles. The van der Waals surface area contributed by atoms with Gasteiger partial charge in [0.2, 0.25) is 5.91 Å². The van der Waals surface area contributed by atoms with Crippen LogP contribution in [0.4, 0.5) is 5.69 Å². The van der Waals surface area contributed by atoms with E-state index in [-0.39, 0.29) is 11.9 Å². The molecule has 1 fully saturated rings. The Balaban J connectivity index is 1.89. The van der Waals surface area contributed by atoms with Gasteiger partial charge in [-0.15, -0.1) is 0 Å². The predicted molar refractivity (Wildman–Crippen MR) is 71.3 cm³/mol. The van der Waals surface area contributed by atoms with Gasteiger partial charge in [-0.3, -0.25) is 9.78 Å². The summed E-state index contributed by atoms with van der Waals surface area (Å²) in [5.41, 5.74) is 1.83. The van der Waals surface area contributed by atoms with E-state index in [0.29, 0.717) is 11.1 Å². The van der Waals surface area contributed by atoms with Crippen molar-refractivity contribution in [2.75, 3.05) is 18.5 Å². The van der Waals surface area contributed by atoms with E-state index in [0.717, 1.165) is 25.1 Å². The lowest BCUT2D eigenvalue weighted by atomic mass is 10.2. The summed E-state index contributed by atoms with van der Waals surface area (Å²) in [7, 11) is 1.74. The van der Waals surface area contributed by atoms with Crippen molar-refractivity contribution in [1.29, 1.82) is 0 Å². The van der Waals surface area contributed by atoms with Crippen molar-refractivity contribution >= 4 is 22.7 Å². The van der Waals surface area contributed by atoms with Gasteiger partial charge < -0.3 is 14.6 Å². The lowest BCUT2D eigenvalue weighted by Gasteiger charge is -2.21. The third-order valence-corrected chi connectivity index (χ3v) is 3.48. The molecular formula is C13H15N3O3. The molecule has 0 saturated carbocycles. The number of carbonyl (C=O) groups is 1.